The second kappa shape index (κ2) is 7.85. The van der Waals surface area contributed by atoms with Gasteiger partial charge in [-0.3, -0.25) is 4.99 Å². The molecule has 1 heterocycles. The Labute approximate surface area is 119 Å². The number of nitrogens with zero attached hydrogens (tertiary/aromatic N) is 1. The maximum absolute atomic E-state index is 13.0. The van der Waals surface area contributed by atoms with Crippen molar-refractivity contribution in [3.8, 4) is 0 Å². The predicted molar refractivity (Wildman–Crippen MR) is 78.4 cm³/mol. The van der Waals surface area contributed by atoms with Crippen molar-refractivity contribution >= 4 is 5.96 Å². The van der Waals surface area contributed by atoms with E-state index in [2.05, 4.69) is 15.6 Å². The number of nitrogens with one attached hydrogen (secondary N) is 2. The Morgan fingerprint density at radius 3 is 3.05 bits per heavy atom. The van der Waals surface area contributed by atoms with Gasteiger partial charge >= 0.3 is 0 Å². The number of aliphatic imine (C=N–C) groups is 1. The number of guanidine groups is 1. The van der Waals surface area contributed by atoms with Gasteiger partial charge in [-0.15, -0.1) is 0 Å². The third-order valence-electron chi connectivity index (χ3n) is 3.34. The van der Waals surface area contributed by atoms with Gasteiger partial charge in [0.05, 0.1) is 6.10 Å². The lowest BCUT2D eigenvalue weighted by molar-refractivity contribution is 0.114. The minimum Gasteiger partial charge on any atom is -0.376 e. The molecule has 1 aromatic carbocycles. The second-order valence-electron chi connectivity index (χ2n) is 4.89. The molecule has 1 aliphatic heterocycles. The summed E-state index contributed by atoms with van der Waals surface area (Å²) in [5.41, 5.74) is 0.979. The first-order valence-corrected chi connectivity index (χ1v) is 7.08. The van der Waals surface area contributed by atoms with Gasteiger partial charge in [0.2, 0.25) is 0 Å². The van der Waals surface area contributed by atoms with Crippen molar-refractivity contribution in [3.05, 3.63) is 35.6 Å². The highest BCUT2D eigenvalue weighted by Gasteiger charge is 2.15. The fraction of sp³-hybridized carbons (Fsp3) is 0.533. The van der Waals surface area contributed by atoms with Gasteiger partial charge in [-0.25, -0.2) is 4.39 Å². The lowest BCUT2D eigenvalue weighted by Crippen LogP contribution is -2.41. The summed E-state index contributed by atoms with van der Waals surface area (Å²) in [4.78, 5) is 4.16. The molecule has 1 saturated heterocycles. The molecular formula is C15H22FN3O. The third-order valence-corrected chi connectivity index (χ3v) is 3.34. The quantitative estimate of drug-likeness (QED) is 0.637. The van der Waals surface area contributed by atoms with Crippen LogP contribution in [0.15, 0.2) is 29.3 Å². The van der Waals surface area contributed by atoms with Crippen LogP contribution < -0.4 is 10.6 Å². The van der Waals surface area contributed by atoms with Crippen LogP contribution in [0.3, 0.4) is 0 Å². The van der Waals surface area contributed by atoms with Gasteiger partial charge in [-0.05, 0) is 37.0 Å². The van der Waals surface area contributed by atoms with Crippen molar-refractivity contribution in [2.24, 2.45) is 4.99 Å². The van der Waals surface area contributed by atoms with Gasteiger partial charge < -0.3 is 15.4 Å². The first kappa shape index (κ1) is 14.8. The molecule has 1 aliphatic rings. The van der Waals surface area contributed by atoms with Crippen LogP contribution in [-0.2, 0) is 11.2 Å². The summed E-state index contributed by atoms with van der Waals surface area (Å²) in [6.45, 7) is 2.35. The number of benzene rings is 1. The van der Waals surface area contributed by atoms with E-state index in [4.69, 9.17) is 4.74 Å². The summed E-state index contributed by atoms with van der Waals surface area (Å²) in [7, 11) is 1.74. The van der Waals surface area contributed by atoms with E-state index in [-0.39, 0.29) is 11.9 Å². The smallest absolute Gasteiger partial charge is 0.191 e. The zero-order valence-electron chi connectivity index (χ0n) is 11.9. The highest BCUT2D eigenvalue weighted by molar-refractivity contribution is 5.79. The number of ether oxygens (including phenoxy) is 1. The monoisotopic (exact) mass is 279 g/mol. The Hall–Kier alpha value is -1.62. The standard InChI is InChI=1S/C15H22FN3O/c1-17-15(19-11-14-6-3-9-20-14)18-8-7-12-4-2-5-13(16)10-12/h2,4-5,10,14H,3,6-9,11H2,1H3,(H2,17,18,19). The van der Waals surface area contributed by atoms with E-state index in [1.807, 2.05) is 6.07 Å². The summed E-state index contributed by atoms with van der Waals surface area (Å²) in [5.74, 6) is 0.570. The third kappa shape index (κ3) is 4.81. The lowest BCUT2D eigenvalue weighted by atomic mass is 10.1. The maximum Gasteiger partial charge on any atom is 0.191 e. The molecule has 0 amide bonds. The Balaban J connectivity index is 1.68. The van der Waals surface area contributed by atoms with Gasteiger partial charge in [0, 0.05) is 26.7 Å². The summed E-state index contributed by atoms with van der Waals surface area (Å²) in [6.07, 6.45) is 3.29. The molecule has 1 atom stereocenters. The molecule has 20 heavy (non-hydrogen) atoms. The molecule has 1 aromatic rings. The van der Waals surface area contributed by atoms with Crippen molar-refractivity contribution in [2.45, 2.75) is 25.4 Å². The lowest BCUT2D eigenvalue weighted by Gasteiger charge is -2.15. The van der Waals surface area contributed by atoms with Gasteiger partial charge in [0.15, 0.2) is 5.96 Å². The summed E-state index contributed by atoms with van der Waals surface area (Å²) >= 11 is 0. The van der Waals surface area contributed by atoms with Crippen molar-refractivity contribution in [1.82, 2.24) is 10.6 Å². The fourth-order valence-electron chi connectivity index (χ4n) is 2.25. The number of hydrogen-bond donors (Lipinski definition) is 2. The number of rotatable bonds is 5. The molecule has 1 fully saturated rings. The van der Waals surface area contributed by atoms with E-state index in [1.54, 1.807) is 19.2 Å². The molecule has 110 valence electrons. The largest absolute Gasteiger partial charge is 0.376 e. The fourth-order valence-corrected chi connectivity index (χ4v) is 2.25. The number of halogens is 1. The molecule has 0 aliphatic carbocycles. The van der Waals surface area contributed by atoms with E-state index in [0.717, 1.165) is 43.9 Å². The summed E-state index contributed by atoms with van der Waals surface area (Å²) in [6, 6.07) is 6.67. The van der Waals surface area contributed by atoms with Crippen LogP contribution in [0.1, 0.15) is 18.4 Å². The topological polar surface area (TPSA) is 45.7 Å². The second-order valence-corrected chi connectivity index (χ2v) is 4.89. The van der Waals surface area contributed by atoms with Gasteiger partial charge in [-0.1, -0.05) is 12.1 Å². The Kier molecular flexibility index (Phi) is 5.80. The minimum absolute atomic E-state index is 0.191. The molecule has 5 heteroatoms. The Morgan fingerprint density at radius 2 is 2.35 bits per heavy atom. The Morgan fingerprint density at radius 1 is 1.45 bits per heavy atom. The van der Waals surface area contributed by atoms with E-state index in [9.17, 15) is 4.39 Å². The minimum atomic E-state index is -0.191. The molecule has 0 bridgehead atoms. The van der Waals surface area contributed by atoms with Crippen LogP contribution in [-0.4, -0.2) is 38.8 Å². The zero-order chi connectivity index (χ0) is 14.2. The van der Waals surface area contributed by atoms with Crippen LogP contribution in [0.5, 0.6) is 0 Å². The normalized spacial score (nSPS) is 19.1. The average molecular weight is 279 g/mol. The maximum atomic E-state index is 13.0. The first-order chi connectivity index (χ1) is 9.78. The molecular weight excluding hydrogens is 257 g/mol. The van der Waals surface area contributed by atoms with Crippen molar-refractivity contribution < 1.29 is 9.13 Å². The highest BCUT2D eigenvalue weighted by atomic mass is 19.1. The van der Waals surface area contributed by atoms with E-state index < -0.39 is 0 Å². The first-order valence-electron chi connectivity index (χ1n) is 7.08. The van der Waals surface area contributed by atoms with Gasteiger partial charge in [-0.2, -0.15) is 0 Å². The molecule has 0 radical (unpaired) electrons. The molecule has 1 unspecified atom stereocenters. The zero-order valence-corrected chi connectivity index (χ0v) is 11.9. The molecule has 2 N–H and O–H groups in total. The van der Waals surface area contributed by atoms with Crippen molar-refractivity contribution in [3.63, 3.8) is 0 Å². The van der Waals surface area contributed by atoms with Gasteiger partial charge in [0.25, 0.3) is 0 Å². The average Bonchev–Trinajstić information content (AvgIpc) is 2.96. The molecule has 2 rings (SSSR count). The predicted octanol–water partition coefficient (Wildman–Crippen LogP) is 1.71. The van der Waals surface area contributed by atoms with Crippen LogP contribution >= 0.6 is 0 Å². The summed E-state index contributed by atoms with van der Waals surface area (Å²) in [5, 5.41) is 6.47. The van der Waals surface area contributed by atoms with Crippen molar-refractivity contribution in [2.75, 3.05) is 26.7 Å². The van der Waals surface area contributed by atoms with E-state index >= 15 is 0 Å². The molecule has 4 nitrogen and oxygen atoms in total. The highest BCUT2D eigenvalue weighted by Crippen LogP contribution is 2.10. The molecule has 0 aromatic heterocycles. The van der Waals surface area contributed by atoms with Crippen molar-refractivity contribution in [1.29, 1.82) is 0 Å². The van der Waals surface area contributed by atoms with Crippen LogP contribution in [0, 0.1) is 5.82 Å². The summed E-state index contributed by atoms with van der Waals surface area (Å²) < 4.78 is 18.6. The van der Waals surface area contributed by atoms with E-state index in [1.165, 1.54) is 6.07 Å². The van der Waals surface area contributed by atoms with Crippen LogP contribution in [0.4, 0.5) is 4.39 Å². The Bertz CT molecular complexity index is 444. The number of hydrogen-bond acceptors (Lipinski definition) is 2. The van der Waals surface area contributed by atoms with Gasteiger partial charge in [0.1, 0.15) is 5.82 Å². The molecule has 0 spiro atoms. The SMILES string of the molecule is CN=C(NCCc1cccc(F)c1)NCC1CCCO1. The molecule has 0 saturated carbocycles. The van der Waals surface area contributed by atoms with Crippen LogP contribution in [0.2, 0.25) is 0 Å². The van der Waals surface area contributed by atoms with E-state index in [0.29, 0.717) is 6.54 Å². The van der Waals surface area contributed by atoms with Crippen LogP contribution in [0.25, 0.3) is 0 Å².